The number of ether oxygens (including phenoxy) is 1. The van der Waals surface area contributed by atoms with Gasteiger partial charge in [-0.25, -0.2) is 9.69 Å². The lowest BCUT2D eigenvalue weighted by molar-refractivity contribution is -0.143. The van der Waals surface area contributed by atoms with E-state index < -0.39 is 30.3 Å². The van der Waals surface area contributed by atoms with Crippen LogP contribution in [0.1, 0.15) is 11.1 Å². The predicted octanol–water partition coefficient (Wildman–Crippen LogP) is 3.72. The zero-order valence-electron chi connectivity index (χ0n) is 17.9. The maximum absolute atomic E-state index is 12.6. The maximum atomic E-state index is 12.6. The molecule has 4 rings (SSSR count). The Bertz CT molecular complexity index is 1210. The molecule has 0 bridgehead atoms. The Morgan fingerprint density at radius 1 is 0.818 bits per heavy atom. The topological polar surface area (TPSA) is 96.0 Å². The molecule has 0 atom stereocenters. The van der Waals surface area contributed by atoms with Crippen LogP contribution < -0.4 is 10.1 Å². The number of aryl methyl sites for hydroxylation is 1. The molecule has 0 unspecified atom stereocenters. The predicted molar refractivity (Wildman–Crippen MR) is 120 cm³/mol. The average Bonchev–Trinajstić information content (AvgIpc) is 2.99. The van der Waals surface area contributed by atoms with Crippen LogP contribution in [0, 0.1) is 6.92 Å². The van der Waals surface area contributed by atoms with E-state index in [0.29, 0.717) is 27.6 Å². The quantitative estimate of drug-likeness (QED) is 0.444. The summed E-state index contributed by atoms with van der Waals surface area (Å²) in [6.45, 7) is 1.37. The van der Waals surface area contributed by atoms with E-state index in [1.807, 2.05) is 31.2 Å². The second-order valence-corrected chi connectivity index (χ2v) is 7.54. The molecule has 1 aliphatic rings. The Kier molecular flexibility index (Phi) is 6.17. The number of benzene rings is 3. The summed E-state index contributed by atoms with van der Waals surface area (Å²) in [5.41, 5.74) is 2.23. The molecular formula is C25H21N3O5. The summed E-state index contributed by atoms with van der Waals surface area (Å²) >= 11 is 0. The summed E-state index contributed by atoms with van der Waals surface area (Å²) in [6.07, 6.45) is 0. The molecule has 0 saturated carbocycles. The van der Waals surface area contributed by atoms with Crippen LogP contribution in [0.15, 0.2) is 78.9 Å². The number of carbonyl (C=O) groups is 4. The Hall–Kier alpha value is -4.46. The highest BCUT2D eigenvalue weighted by atomic mass is 16.5. The molecule has 166 valence electrons. The van der Waals surface area contributed by atoms with E-state index in [4.69, 9.17) is 4.74 Å². The monoisotopic (exact) mass is 443 g/mol. The molecule has 3 aromatic rings. The standard InChI is InChI=1S/C25H21N3O5/c1-17-6-5-9-21(14-17)33-20-12-10-19(11-13-20)26-22(29)16-28-24(31)23(30)27(25(28)32)15-18-7-3-2-4-8-18/h2-14H,15-16H2,1H3,(H,26,29). The van der Waals surface area contributed by atoms with Crippen molar-refractivity contribution in [3.8, 4) is 11.5 Å². The minimum atomic E-state index is -1.02. The highest BCUT2D eigenvalue weighted by molar-refractivity contribution is 6.45. The lowest BCUT2D eigenvalue weighted by Gasteiger charge is -2.15. The largest absolute Gasteiger partial charge is 0.457 e. The first-order valence-electron chi connectivity index (χ1n) is 10.3. The van der Waals surface area contributed by atoms with Crippen LogP contribution in [0.25, 0.3) is 0 Å². The molecule has 3 aromatic carbocycles. The lowest BCUT2D eigenvalue weighted by atomic mass is 10.2. The van der Waals surface area contributed by atoms with E-state index in [1.54, 1.807) is 54.6 Å². The molecule has 1 heterocycles. The summed E-state index contributed by atoms with van der Waals surface area (Å²) < 4.78 is 5.77. The molecule has 0 aromatic heterocycles. The number of amides is 5. The fourth-order valence-electron chi connectivity index (χ4n) is 3.36. The molecule has 5 amide bonds. The molecule has 8 nitrogen and oxygen atoms in total. The third-order valence-electron chi connectivity index (χ3n) is 4.98. The van der Waals surface area contributed by atoms with Crippen LogP contribution in [0.3, 0.4) is 0 Å². The summed E-state index contributed by atoms with van der Waals surface area (Å²) in [6, 6.07) is 22.3. The zero-order valence-corrected chi connectivity index (χ0v) is 17.9. The SMILES string of the molecule is Cc1cccc(Oc2ccc(NC(=O)CN3C(=O)C(=O)N(Cc4ccccc4)C3=O)cc2)c1. The van der Waals surface area contributed by atoms with E-state index in [-0.39, 0.29) is 6.54 Å². The molecule has 1 aliphatic heterocycles. The summed E-state index contributed by atoms with van der Waals surface area (Å²) in [4.78, 5) is 51.0. The van der Waals surface area contributed by atoms with Crippen molar-refractivity contribution in [3.63, 3.8) is 0 Å². The lowest BCUT2D eigenvalue weighted by Crippen LogP contribution is -2.38. The van der Waals surface area contributed by atoms with Crippen LogP contribution in [0.5, 0.6) is 11.5 Å². The van der Waals surface area contributed by atoms with Gasteiger partial charge < -0.3 is 10.1 Å². The maximum Gasteiger partial charge on any atom is 0.335 e. The van der Waals surface area contributed by atoms with Crippen molar-refractivity contribution in [2.75, 3.05) is 11.9 Å². The smallest absolute Gasteiger partial charge is 0.335 e. The Morgan fingerprint density at radius 3 is 2.21 bits per heavy atom. The van der Waals surface area contributed by atoms with Crippen LogP contribution >= 0.6 is 0 Å². The summed E-state index contributed by atoms with van der Waals surface area (Å²) in [5.74, 6) is -1.28. The van der Waals surface area contributed by atoms with Crippen molar-refractivity contribution in [2.45, 2.75) is 13.5 Å². The van der Waals surface area contributed by atoms with Gasteiger partial charge in [-0.3, -0.25) is 19.3 Å². The second-order valence-electron chi connectivity index (χ2n) is 7.54. The van der Waals surface area contributed by atoms with Gasteiger partial charge in [0, 0.05) is 5.69 Å². The van der Waals surface area contributed by atoms with Crippen molar-refractivity contribution >= 4 is 29.4 Å². The first-order chi connectivity index (χ1) is 15.9. The molecule has 0 spiro atoms. The van der Waals surface area contributed by atoms with Gasteiger partial charge in [-0.1, -0.05) is 42.5 Å². The van der Waals surface area contributed by atoms with Crippen LogP contribution in [0.2, 0.25) is 0 Å². The van der Waals surface area contributed by atoms with Gasteiger partial charge in [0.2, 0.25) is 5.91 Å². The molecule has 0 aliphatic carbocycles. The molecule has 1 fully saturated rings. The number of urea groups is 1. The summed E-state index contributed by atoms with van der Waals surface area (Å²) in [5, 5.41) is 2.62. The van der Waals surface area contributed by atoms with E-state index in [9.17, 15) is 19.2 Å². The third kappa shape index (κ3) is 5.07. The van der Waals surface area contributed by atoms with Crippen LogP contribution in [0.4, 0.5) is 10.5 Å². The van der Waals surface area contributed by atoms with Crippen molar-refractivity contribution in [1.29, 1.82) is 0 Å². The van der Waals surface area contributed by atoms with Gasteiger partial charge in [0.1, 0.15) is 18.0 Å². The van der Waals surface area contributed by atoms with E-state index in [0.717, 1.165) is 10.5 Å². The number of hydrogen-bond acceptors (Lipinski definition) is 5. The molecular weight excluding hydrogens is 422 g/mol. The third-order valence-corrected chi connectivity index (χ3v) is 4.98. The number of rotatable bonds is 7. The molecule has 1 N–H and O–H groups in total. The first-order valence-corrected chi connectivity index (χ1v) is 10.3. The number of nitrogens with one attached hydrogen (secondary N) is 1. The first kappa shape index (κ1) is 21.8. The minimum absolute atomic E-state index is 0.0369. The van der Waals surface area contributed by atoms with Gasteiger partial charge in [-0.2, -0.15) is 0 Å². The van der Waals surface area contributed by atoms with Crippen molar-refractivity contribution in [2.24, 2.45) is 0 Å². The van der Waals surface area contributed by atoms with Gasteiger partial charge in [0.05, 0.1) is 6.54 Å². The van der Waals surface area contributed by atoms with Crippen LogP contribution in [-0.2, 0) is 20.9 Å². The number of anilines is 1. The van der Waals surface area contributed by atoms with Gasteiger partial charge in [0.25, 0.3) is 0 Å². The van der Waals surface area contributed by atoms with Crippen molar-refractivity contribution in [3.05, 3.63) is 90.0 Å². The van der Waals surface area contributed by atoms with Crippen molar-refractivity contribution < 1.29 is 23.9 Å². The molecule has 0 radical (unpaired) electrons. The van der Waals surface area contributed by atoms with Crippen molar-refractivity contribution in [1.82, 2.24) is 9.80 Å². The van der Waals surface area contributed by atoms with Gasteiger partial charge in [-0.05, 0) is 54.4 Å². The van der Waals surface area contributed by atoms with E-state index >= 15 is 0 Å². The number of hydrogen-bond donors (Lipinski definition) is 1. The number of carbonyl (C=O) groups excluding carboxylic acids is 4. The number of imide groups is 2. The van der Waals surface area contributed by atoms with E-state index in [1.165, 1.54) is 0 Å². The van der Waals surface area contributed by atoms with Gasteiger partial charge >= 0.3 is 17.8 Å². The molecule has 8 heteroatoms. The average molecular weight is 443 g/mol. The zero-order chi connectivity index (χ0) is 23.4. The molecule has 1 saturated heterocycles. The fraction of sp³-hybridized carbons (Fsp3) is 0.120. The highest BCUT2D eigenvalue weighted by Gasteiger charge is 2.45. The molecule has 33 heavy (non-hydrogen) atoms. The van der Waals surface area contributed by atoms with Gasteiger partial charge in [0.15, 0.2) is 0 Å². The van der Waals surface area contributed by atoms with E-state index in [2.05, 4.69) is 5.32 Å². The Balaban J connectivity index is 1.35. The minimum Gasteiger partial charge on any atom is -0.457 e. The number of nitrogens with zero attached hydrogens (tertiary/aromatic N) is 2. The fourth-order valence-corrected chi connectivity index (χ4v) is 3.36. The second kappa shape index (κ2) is 9.35. The normalized spacial score (nSPS) is 13.4. The van der Waals surface area contributed by atoms with Crippen LogP contribution in [-0.4, -0.2) is 40.1 Å². The van der Waals surface area contributed by atoms with Gasteiger partial charge in [-0.15, -0.1) is 0 Å². The Labute approximate surface area is 190 Å². The Morgan fingerprint density at radius 2 is 1.52 bits per heavy atom. The summed E-state index contributed by atoms with van der Waals surface area (Å²) in [7, 11) is 0. The highest BCUT2D eigenvalue weighted by Crippen LogP contribution is 2.24.